The van der Waals surface area contributed by atoms with Gasteiger partial charge in [0.25, 0.3) is 0 Å². The molecule has 1 heterocycles. The largest absolute Gasteiger partial charge is 0.493 e. The number of carbonyl (C=O) groups excluding carboxylic acids is 2. The molecule has 0 radical (unpaired) electrons. The highest BCUT2D eigenvalue weighted by Gasteiger charge is 2.22. The van der Waals surface area contributed by atoms with Crippen molar-refractivity contribution < 1.29 is 23.8 Å². The van der Waals surface area contributed by atoms with E-state index in [2.05, 4.69) is 19.1 Å². The lowest BCUT2D eigenvalue weighted by atomic mass is 10.1. The Balaban J connectivity index is 2.18. The average Bonchev–Trinajstić information content (AvgIpc) is 3.20. The number of benzene rings is 1. The van der Waals surface area contributed by atoms with Gasteiger partial charge in [-0.2, -0.15) is 0 Å². The molecule has 2 amide bonds. The molecule has 0 bridgehead atoms. The maximum absolute atomic E-state index is 13.4. The van der Waals surface area contributed by atoms with Crippen molar-refractivity contribution in [1.29, 1.82) is 0 Å². The van der Waals surface area contributed by atoms with Crippen molar-refractivity contribution in [2.45, 2.75) is 33.7 Å². The first-order chi connectivity index (χ1) is 15.8. The lowest BCUT2D eigenvalue weighted by molar-refractivity contribution is -0.143. The average molecular weight is 477 g/mol. The highest BCUT2D eigenvalue weighted by Crippen LogP contribution is 2.28. The third-order valence-corrected chi connectivity index (χ3v) is 6.13. The van der Waals surface area contributed by atoms with Crippen molar-refractivity contribution in [2.24, 2.45) is 5.92 Å². The second-order valence-corrected chi connectivity index (χ2v) is 9.74. The van der Waals surface area contributed by atoms with E-state index in [0.29, 0.717) is 37.6 Å². The molecule has 0 saturated carbocycles. The number of amides is 2. The van der Waals surface area contributed by atoms with Crippen LogP contribution in [0.5, 0.6) is 11.5 Å². The number of nitrogens with zero attached hydrogens (tertiary/aromatic N) is 2. The Bertz CT molecular complexity index is 912. The SMILES string of the molecule is COCC(=O)N(CC(=O)N(CCc1ccc(OC)c(OC)c1)Cc1ccc(C)s1)CC(C)C. The first-order valence-corrected chi connectivity index (χ1v) is 11.9. The number of aryl methyl sites for hydroxylation is 1. The van der Waals surface area contributed by atoms with E-state index < -0.39 is 0 Å². The molecule has 0 fully saturated rings. The number of hydrogen-bond acceptors (Lipinski definition) is 6. The monoisotopic (exact) mass is 476 g/mol. The van der Waals surface area contributed by atoms with Crippen LogP contribution in [0.1, 0.15) is 29.2 Å². The molecule has 2 aromatic rings. The summed E-state index contributed by atoms with van der Waals surface area (Å²) < 4.78 is 15.7. The van der Waals surface area contributed by atoms with E-state index >= 15 is 0 Å². The quantitative estimate of drug-likeness (QED) is 0.440. The molecule has 0 atom stereocenters. The summed E-state index contributed by atoms with van der Waals surface area (Å²) in [6, 6.07) is 9.90. The maximum Gasteiger partial charge on any atom is 0.249 e. The molecule has 182 valence electrons. The van der Waals surface area contributed by atoms with Crippen LogP contribution in [-0.2, 0) is 27.3 Å². The van der Waals surface area contributed by atoms with Crippen LogP contribution in [0.25, 0.3) is 0 Å². The lowest BCUT2D eigenvalue weighted by Crippen LogP contribution is -2.45. The van der Waals surface area contributed by atoms with E-state index in [1.807, 2.05) is 36.9 Å². The first kappa shape index (κ1) is 26.7. The Morgan fingerprint density at radius 3 is 2.27 bits per heavy atom. The minimum Gasteiger partial charge on any atom is -0.493 e. The summed E-state index contributed by atoms with van der Waals surface area (Å²) in [5.41, 5.74) is 1.04. The third-order valence-electron chi connectivity index (χ3n) is 5.15. The van der Waals surface area contributed by atoms with E-state index in [1.165, 1.54) is 12.0 Å². The molecule has 8 heteroatoms. The minimum atomic E-state index is -0.175. The van der Waals surface area contributed by atoms with Gasteiger partial charge in [-0.3, -0.25) is 9.59 Å². The topological polar surface area (TPSA) is 68.3 Å². The molecule has 7 nitrogen and oxygen atoms in total. The molecule has 0 N–H and O–H groups in total. The van der Waals surface area contributed by atoms with Gasteiger partial charge in [-0.05, 0) is 49.1 Å². The Kier molecular flexibility index (Phi) is 10.7. The van der Waals surface area contributed by atoms with Gasteiger partial charge in [-0.15, -0.1) is 11.3 Å². The Hall–Kier alpha value is -2.58. The van der Waals surface area contributed by atoms with Gasteiger partial charge in [-0.1, -0.05) is 19.9 Å². The van der Waals surface area contributed by atoms with E-state index in [-0.39, 0.29) is 30.9 Å². The van der Waals surface area contributed by atoms with E-state index in [0.717, 1.165) is 10.4 Å². The van der Waals surface area contributed by atoms with Crippen molar-refractivity contribution in [3.63, 3.8) is 0 Å². The number of hydrogen-bond donors (Lipinski definition) is 0. The number of thiophene rings is 1. The zero-order chi connectivity index (χ0) is 24.4. The zero-order valence-corrected chi connectivity index (χ0v) is 21.4. The fourth-order valence-corrected chi connectivity index (χ4v) is 4.43. The molecule has 0 aliphatic rings. The standard InChI is InChI=1S/C25H36N2O5S/c1-18(2)14-27(25(29)17-30-4)16-24(28)26(15-21-9-7-19(3)33-21)12-11-20-8-10-22(31-5)23(13-20)32-6/h7-10,13,18H,11-12,14-17H2,1-6H3. The molecular formula is C25H36N2O5S. The van der Waals surface area contributed by atoms with Gasteiger partial charge in [-0.25, -0.2) is 0 Å². The predicted octanol–water partition coefficient (Wildman–Crippen LogP) is 3.78. The second-order valence-electron chi connectivity index (χ2n) is 8.37. The van der Waals surface area contributed by atoms with E-state index in [1.54, 1.807) is 30.5 Å². The zero-order valence-electron chi connectivity index (χ0n) is 20.6. The fourth-order valence-electron chi connectivity index (χ4n) is 3.52. The fraction of sp³-hybridized carbons (Fsp3) is 0.520. The Labute approximate surface area is 201 Å². The first-order valence-electron chi connectivity index (χ1n) is 11.1. The molecule has 1 aromatic heterocycles. The Morgan fingerprint density at radius 2 is 1.70 bits per heavy atom. The molecule has 1 aromatic carbocycles. The third kappa shape index (κ3) is 8.37. The number of carbonyl (C=O) groups is 2. The van der Waals surface area contributed by atoms with Crippen LogP contribution in [0.2, 0.25) is 0 Å². The molecule has 0 spiro atoms. The van der Waals surface area contributed by atoms with Crippen LogP contribution in [0, 0.1) is 12.8 Å². The molecule has 0 aliphatic carbocycles. The molecular weight excluding hydrogens is 440 g/mol. The highest BCUT2D eigenvalue weighted by molar-refractivity contribution is 7.11. The molecule has 0 unspecified atom stereocenters. The predicted molar refractivity (Wildman–Crippen MR) is 131 cm³/mol. The highest BCUT2D eigenvalue weighted by atomic mass is 32.1. The van der Waals surface area contributed by atoms with Gasteiger partial charge in [0.2, 0.25) is 11.8 Å². The van der Waals surface area contributed by atoms with Gasteiger partial charge < -0.3 is 24.0 Å². The second kappa shape index (κ2) is 13.2. The summed E-state index contributed by atoms with van der Waals surface area (Å²) in [6.07, 6.45) is 0.659. The molecule has 0 saturated heterocycles. The normalized spacial score (nSPS) is 10.9. The summed E-state index contributed by atoms with van der Waals surface area (Å²) in [6.45, 7) is 7.67. The van der Waals surface area contributed by atoms with E-state index in [9.17, 15) is 9.59 Å². The van der Waals surface area contributed by atoms with Crippen LogP contribution < -0.4 is 9.47 Å². The summed E-state index contributed by atoms with van der Waals surface area (Å²) in [7, 11) is 4.70. The van der Waals surface area contributed by atoms with Crippen molar-refractivity contribution in [3.05, 3.63) is 45.6 Å². The van der Waals surface area contributed by atoms with Gasteiger partial charge in [0.05, 0.1) is 27.3 Å². The minimum absolute atomic E-state index is 0.0320. The van der Waals surface area contributed by atoms with Crippen molar-refractivity contribution >= 4 is 23.2 Å². The molecule has 2 rings (SSSR count). The van der Waals surface area contributed by atoms with Crippen molar-refractivity contribution in [3.8, 4) is 11.5 Å². The van der Waals surface area contributed by atoms with Gasteiger partial charge in [0.1, 0.15) is 6.61 Å². The summed E-state index contributed by atoms with van der Waals surface area (Å²) in [4.78, 5) is 31.6. The summed E-state index contributed by atoms with van der Waals surface area (Å²) >= 11 is 1.68. The molecule has 33 heavy (non-hydrogen) atoms. The van der Waals surface area contributed by atoms with Crippen LogP contribution >= 0.6 is 11.3 Å². The van der Waals surface area contributed by atoms with Gasteiger partial charge in [0, 0.05) is 30.0 Å². The van der Waals surface area contributed by atoms with Crippen LogP contribution in [-0.4, -0.2) is 69.2 Å². The van der Waals surface area contributed by atoms with E-state index in [4.69, 9.17) is 14.2 Å². The maximum atomic E-state index is 13.4. The number of ether oxygens (including phenoxy) is 3. The number of methoxy groups -OCH3 is 3. The molecule has 0 aliphatic heterocycles. The summed E-state index contributed by atoms with van der Waals surface area (Å²) in [5.74, 6) is 1.33. The van der Waals surface area contributed by atoms with Crippen molar-refractivity contribution in [2.75, 3.05) is 47.6 Å². The lowest BCUT2D eigenvalue weighted by Gasteiger charge is -2.28. The summed E-state index contributed by atoms with van der Waals surface area (Å²) in [5, 5.41) is 0. The Morgan fingerprint density at radius 1 is 0.970 bits per heavy atom. The van der Waals surface area contributed by atoms with Crippen LogP contribution in [0.4, 0.5) is 0 Å². The number of rotatable bonds is 13. The van der Waals surface area contributed by atoms with Crippen LogP contribution in [0.15, 0.2) is 30.3 Å². The van der Waals surface area contributed by atoms with Crippen molar-refractivity contribution in [1.82, 2.24) is 9.80 Å². The van der Waals surface area contributed by atoms with Crippen LogP contribution in [0.3, 0.4) is 0 Å². The smallest absolute Gasteiger partial charge is 0.249 e. The van der Waals surface area contributed by atoms with Gasteiger partial charge >= 0.3 is 0 Å². The van der Waals surface area contributed by atoms with Gasteiger partial charge in [0.15, 0.2) is 11.5 Å².